The van der Waals surface area contributed by atoms with E-state index >= 15 is 0 Å². The van der Waals surface area contributed by atoms with E-state index in [2.05, 4.69) is 224 Å². The number of allylic oxidation sites excluding steroid dienone is 2. The zero-order valence-corrected chi connectivity index (χ0v) is 34.9. The minimum absolute atomic E-state index is 0.164. The minimum Gasteiger partial charge on any atom is -0.310 e. The first kappa shape index (κ1) is 35.5. The highest BCUT2D eigenvalue weighted by Gasteiger charge is 2.51. The van der Waals surface area contributed by atoms with E-state index in [0.717, 1.165) is 29.4 Å². The average Bonchev–Trinajstić information content (AvgIpc) is 3.96. The Balaban J connectivity index is 0.993. The lowest BCUT2D eigenvalue weighted by atomic mass is 9.70. The largest absolute Gasteiger partial charge is 0.310 e. The Labute approximate surface area is 364 Å². The number of hydrogen-bond donors (Lipinski definition) is 0. The number of benzene rings is 9. The molecule has 4 aliphatic rings. The predicted molar refractivity (Wildman–Crippen MR) is 259 cm³/mol. The summed E-state index contributed by atoms with van der Waals surface area (Å²) >= 11 is 0. The molecule has 13 rings (SSSR count). The van der Waals surface area contributed by atoms with Crippen LogP contribution in [-0.4, -0.2) is 0 Å². The first-order valence-corrected chi connectivity index (χ1v) is 22.3. The van der Waals surface area contributed by atoms with Crippen molar-refractivity contribution in [3.05, 3.63) is 246 Å². The normalized spacial score (nSPS) is 18.3. The van der Waals surface area contributed by atoms with Crippen molar-refractivity contribution >= 4 is 27.8 Å². The molecule has 1 spiro atoms. The van der Waals surface area contributed by atoms with Gasteiger partial charge in [-0.05, 0) is 138 Å². The molecule has 9 aromatic carbocycles. The first-order valence-electron chi connectivity index (χ1n) is 22.3. The Hall–Kier alpha value is -7.22. The predicted octanol–water partition coefficient (Wildman–Crippen LogP) is 16.0. The van der Waals surface area contributed by atoms with Crippen LogP contribution in [0.15, 0.2) is 218 Å². The van der Waals surface area contributed by atoms with Crippen molar-refractivity contribution in [2.45, 2.75) is 37.0 Å². The van der Waals surface area contributed by atoms with E-state index in [0.29, 0.717) is 0 Å². The fourth-order valence-corrected chi connectivity index (χ4v) is 11.9. The lowest BCUT2D eigenvalue weighted by Gasteiger charge is -2.33. The van der Waals surface area contributed by atoms with E-state index < -0.39 is 5.41 Å². The Bertz CT molecular complexity index is 3230. The van der Waals surface area contributed by atoms with Gasteiger partial charge in [-0.15, -0.1) is 0 Å². The van der Waals surface area contributed by atoms with Gasteiger partial charge in [0.2, 0.25) is 0 Å². The summed E-state index contributed by atoms with van der Waals surface area (Å²) in [5, 5.41) is 2.71. The zero-order chi connectivity index (χ0) is 41.0. The van der Waals surface area contributed by atoms with E-state index in [1.807, 2.05) is 0 Å². The Morgan fingerprint density at radius 1 is 0.419 bits per heavy atom. The molecule has 1 heteroatoms. The van der Waals surface area contributed by atoms with Gasteiger partial charge in [0.15, 0.2) is 0 Å². The van der Waals surface area contributed by atoms with Crippen LogP contribution in [0.1, 0.15) is 54.0 Å². The van der Waals surface area contributed by atoms with E-state index in [1.165, 1.54) is 95.9 Å². The Morgan fingerprint density at radius 3 is 1.63 bits per heavy atom. The molecule has 1 saturated carbocycles. The molecule has 9 aromatic rings. The molecule has 0 aromatic heterocycles. The van der Waals surface area contributed by atoms with Crippen molar-refractivity contribution in [3.8, 4) is 44.5 Å². The van der Waals surface area contributed by atoms with Crippen molar-refractivity contribution in [1.29, 1.82) is 0 Å². The molecule has 2 atom stereocenters. The van der Waals surface area contributed by atoms with Crippen LogP contribution >= 0.6 is 0 Å². The highest BCUT2D eigenvalue weighted by molar-refractivity contribution is 6.00. The summed E-state index contributed by atoms with van der Waals surface area (Å²) in [6.45, 7) is 2.49. The van der Waals surface area contributed by atoms with Crippen LogP contribution in [0.25, 0.3) is 55.3 Å². The second kappa shape index (κ2) is 13.4. The van der Waals surface area contributed by atoms with Crippen molar-refractivity contribution in [2.24, 2.45) is 5.92 Å². The van der Waals surface area contributed by atoms with E-state index in [9.17, 15) is 0 Å². The van der Waals surface area contributed by atoms with E-state index in [-0.39, 0.29) is 5.41 Å². The summed E-state index contributed by atoms with van der Waals surface area (Å²) in [5.74, 6) is 0.783. The Kier molecular flexibility index (Phi) is 7.67. The molecular weight excluding hydrogens is 747 g/mol. The molecule has 1 unspecified atom stereocenters. The van der Waals surface area contributed by atoms with Gasteiger partial charge in [-0.25, -0.2) is 0 Å². The number of nitrogens with zero attached hydrogens (tertiary/aromatic N) is 1. The van der Waals surface area contributed by atoms with Gasteiger partial charge in [0.25, 0.3) is 0 Å². The van der Waals surface area contributed by atoms with Crippen molar-refractivity contribution < 1.29 is 0 Å². The topological polar surface area (TPSA) is 3.24 Å². The van der Waals surface area contributed by atoms with Gasteiger partial charge in [-0.2, -0.15) is 0 Å². The second-order valence-corrected chi connectivity index (χ2v) is 18.2. The highest BCUT2D eigenvalue weighted by Crippen LogP contribution is 2.63. The molecule has 0 bridgehead atoms. The third-order valence-electron chi connectivity index (χ3n) is 14.8. The quantitative estimate of drug-likeness (QED) is 0.152. The summed E-state index contributed by atoms with van der Waals surface area (Å²) < 4.78 is 0. The van der Waals surface area contributed by atoms with Crippen molar-refractivity contribution in [1.82, 2.24) is 0 Å². The number of para-hydroxylation sites is 1. The lowest BCUT2D eigenvalue weighted by Crippen LogP contribution is -2.26. The van der Waals surface area contributed by atoms with Gasteiger partial charge < -0.3 is 4.90 Å². The standard InChI is InChI=1S/C61H45N/c1-60(36-35-42-37-43(42)39-60)54-34-33-46(48-18-5-6-19-49(48)54)41-27-29-44(30-28-41)62(59-26-14-10-17-47(59)40-15-3-2-4-16-40)45-31-32-53-52-22-9-13-25-57(52)61(58(53)38-45)55-23-11-7-20-50(55)51-21-8-12-24-56(51)61/h2-35,38,43H,36-37,39H2,1H3/t43-,60?/m1/s1. The van der Waals surface area contributed by atoms with Crippen LogP contribution < -0.4 is 4.90 Å². The second-order valence-electron chi connectivity index (χ2n) is 18.2. The molecule has 0 amide bonds. The SMILES string of the molecule is CC1(c2ccc(-c3ccc(N(c4ccc5c(c4)C4(c6ccccc6-c6ccccc64)c4ccccc4-5)c4ccccc4-c4ccccc4)cc3)c3ccccc23)CC=C2C[C@@H]2C1. The molecule has 0 N–H and O–H groups in total. The number of hydrogen-bond acceptors (Lipinski definition) is 1. The number of anilines is 3. The maximum Gasteiger partial charge on any atom is 0.0726 e. The molecule has 1 nitrogen and oxygen atoms in total. The monoisotopic (exact) mass is 791 g/mol. The van der Waals surface area contributed by atoms with Gasteiger partial charge in [0, 0.05) is 16.9 Å². The van der Waals surface area contributed by atoms with Crippen molar-refractivity contribution in [3.63, 3.8) is 0 Å². The fraction of sp³-hybridized carbons (Fsp3) is 0.115. The molecule has 0 heterocycles. The van der Waals surface area contributed by atoms with Crippen LogP contribution in [0.3, 0.4) is 0 Å². The summed E-state index contributed by atoms with van der Waals surface area (Å²) in [4.78, 5) is 2.49. The van der Waals surface area contributed by atoms with Crippen LogP contribution in [0.2, 0.25) is 0 Å². The molecule has 62 heavy (non-hydrogen) atoms. The highest BCUT2D eigenvalue weighted by atomic mass is 15.1. The van der Waals surface area contributed by atoms with Crippen LogP contribution in [0, 0.1) is 5.92 Å². The van der Waals surface area contributed by atoms with Gasteiger partial charge in [0.05, 0.1) is 11.1 Å². The Morgan fingerprint density at radius 2 is 0.952 bits per heavy atom. The van der Waals surface area contributed by atoms with Gasteiger partial charge in [-0.1, -0.05) is 194 Å². The minimum atomic E-state index is -0.428. The molecule has 0 radical (unpaired) electrons. The van der Waals surface area contributed by atoms with Crippen LogP contribution in [0.5, 0.6) is 0 Å². The first-order chi connectivity index (χ1) is 30.6. The smallest absolute Gasteiger partial charge is 0.0726 e. The third-order valence-corrected chi connectivity index (χ3v) is 14.8. The molecule has 0 aliphatic heterocycles. The molecule has 4 aliphatic carbocycles. The molecule has 1 fully saturated rings. The average molecular weight is 792 g/mol. The summed E-state index contributed by atoms with van der Waals surface area (Å²) in [7, 11) is 0. The summed E-state index contributed by atoms with van der Waals surface area (Å²) in [5.41, 5.74) is 21.9. The lowest BCUT2D eigenvalue weighted by molar-refractivity contribution is 0.410. The summed E-state index contributed by atoms with van der Waals surface area (Å²) in [6.07, 6.45) is 6.22. The van der Waals surface area contributed by atoms with Crippen molar-refractivity contribution in [2.75, 3.05) is 4.90 Å². The number of rotatable bonds is 6. The molecule has 0 saturated heterocycles. The third kappa shape index (κ3) is 5.09. The van der Waals surface area contributed by atoms with E-state index in [1.54, 1.807) is 5.57 Å². The van der Waals surface area contributed by atoms with Gasteiger partial charge >= 0.3 is 0 Å². The zero-order valence-electron chi connectivity index (χ0n) is 34.9. The van der Waals surface area contributed by atoms with Gasteiger partial charge in [-0.3, -0.25) is 0 Å². The van der Waals surface area contributed by atoms with E-state index in [4.69, 9.17) is 0 Å². The maximum atomic E-state index is 2.53. The molecular formula is C61H45N. The summed E-state index contributed by atoms with van der Waals surface area (Å²) in [6, 6.07) is 77.5. The number of fused-ring (bicyclic) bond motifs is 12. The fourth-order valence-electron chi connectivity index (χ4n) is 11.9. The van der Waals surface area contributed by atoms with Crippen LogP contribution in [0.4, 0.5) is 17.1 Å². The van der Waals surface area contributed by atoms with Crippen LogP contribution in [-0.2, 0) is 10.8 Å². The molecule has 294 valence electrons. The maximum absolute atomic E-state index is 2.53. The van der Waals surface area contributed by atoms with Gasteiger partial charge in [0.1, 0.15) is 0 Å².